The van der Waals surface area contributed by atoms with E-state index in [1.165, 1.54) is 0 Å². The minimum atomic E-state index is -0.905. The Balaban J connectivity index is 2.76. The maximum Gasteiger partial charge on any atom is 0.311 e. The van der Waals surface area contributed by atoms with Crippen molar-refractivity contribution in [2.75, 3.05) is 6.54 Å². The summed E-state index contributed by atoms with van der Waals surface area (Å²) in [6, 6.07) is 6.70. The average Bonchev–Trinajstić information content (AvgIpc) is 2.25. The molecule has 0 radical (unpaired) electrons. The van der Waals surface area contributed by atoms with Crippen molar-refractivity contribution >= 4 is 23.5 Å². The highest BCUT2D eigenvalue weighted by atomic mass is 35.5. The lowest BCUT2D eigenvalue weighted by Gasteiger charge is -2.11. The molecule has 1 unspecified atom stereocenters. The van der Waals surface area contributed by atoms with Crippen molar-refractivity contribution < 1.29 is 9.90 Å². The van der Waals surface area contributed by atoms with Crippen molar-refractivity contribution in [1.82, 2.24) is 0 Å². The fraction of sp³-hybridized carbons (Fsp3) is 0.273. The van der Waals surface area contributed by atoms with Gasteiger partial charge in [-0.15, -0.1) is 0 Å². The predicted octanol–water partition coefficient (Wildman–Crippen LogP) is 1.17. The summed E-state index contributed by atoms with van der Waals surface area (Å²) >= 11 is 5.74. The summed E-state index contributed by atoms with van der Waals surface area (Å²) in [5.41, 5.74) is 11.0. The van der Waals surface area contributed by atoms with Gasteiger partial charge in [0.15, 0.2) is 5.96 Å². The number of halogens is 1. The van der Waals surface area contributed by atoms with Gasteiger partial charge in [0.1, 0.15) is 0 Å². The van der Waals surface area contributed by atoms with E-state index in [-0.39, 0.29) is 12.5 Å². The first kappa shape index (κ1) is 13.3. The number of hydrogen-bond donors (Lipinski definition) is 3. The number of carboxylic acids is 1. The van der Waals surface area contributed by atoms with Gasteiger partial charge in [0.05, 0.1) is 5.92 Å². The summed E-state index contributed by atoms with van der Waals surface area (Å²) < 4.78 is 0. The van der Waals surface area contributed by atoms with Crippen LogP contribution < -0.4 is 11.5 Å². The van der Waals surface area contributed by atoms with Gasteiger partial charge in [-0.05, 0) is 24.1 Å². The maximum atomic E-state index is 11.1. The van der Waals surface area contributed by atoms with Gasteiger partial charge in [0.2, 0.25) is 0 Å². The van der Waals surface area contributed by atoms with Gasteiger partial charge in [-0.25, -0.2) is 0 Å². The Morgan fingerprint density at radius 3 is 2.41 bits per heavy atom. The van der Waals surface area contributed by atoms with E-state index in [4.69, 9.17) is 28.2 Å². The molecule has 0 heterocycles. The first-order valence-corrected chi connectivity index (χ1v) is 5.42. The standard InChI is InChI=1S/C11H14ClN3O2/c12-8-3-1-7(2-4-8)9(10(16)17)5-6-15-11(13)14/h1-4,9H,5-6H2,(H,16,17)(H4,13,14,15). The van der Waals surface area contributed by atoms with Crippen LogP contribution in [-0.4, -0.2) is 23.6 Å². The summed E-state index contributed by atoms with van der Waals surface area (Å²) in [6.07, 6.45) is 0.342. The second kappa shape index (κ2) is 6.10. The third-order valence-electron chi connectivity index (χ3n) is 2.28. The van der Waals surface area contributed by atoms with Crippen molar-refractivity contribution in [2.24, 2.45) is 16.5 Å². The van der Waals surface area contributed by atoms with Crippen molar-refractivity contribution in [3.8, 4) is 0 Å². The highest BCUT2D eigenvalue weighted by Crippen LogP contribution is 2.22. The Morgan fingerprint density at radius 2 is 1.94 bits per heavy atom. The fourth-order valence-corrected chi connectivity index (χ4v) is 1.58. The molecule has 0 aliphatic heterocycles. The third-order valence-corrected chi connectivity index (χ3v) is 2.53. The molecule has 0 spiro atoms. The van der Waals surface area contributed by atoms with Gasteiger partial charge in [0, 0.05) is 11.6 Å². The molecule has 1 aromatic rings. The number of carbonyl (C=O) groups is 1. The molecule has 0 aliphatic rings. The van der Waals surface area contributed by atoms with Gasteiger partial charge >= 0.3 is 5.97 Å². The van der Waals surface area contributed by atoms with E-state index in [0.717, 1.165) is 0 Å². The zero-order valence-electron chi connectivity index (χ0n) is 9.14. The van der Waals surface area contributed by atoms with Crippen molar-refractivity contribution in [3.63, 3.8) is 0 Å². The average molecular weight is 256 g/mol. The van der Waals surface area contributed by atoms with Gasteiger partial charge in [0.25, 0.3) is 0 Å². The van der Waals surface area contributed by atoms with Crippen LogP contribution in [0.4, 0.5) is 0 Å². The van der Waals surface area contributed by atoms with E-state index in [0.29, 0.717) is 17.0 Å². The van der Waals surface area contributed by atoms with Crippen LogP contribution in [0.25, 0.3) is 0 Å². The number of rotatable bonds is 5. The molecule has 5 nitrogen and oxygen atoms in total. The molecule has 6 heteroatoms. The summed E-state index contributed by atoms with van der Waals surface area (Å²) in [7, 11) is 0. The molecule has 0 bridgehead atoms. The predicted molar refractivity (Wildman–Crippen MR) is 67.1 cm³/mol. The van der Waals surface area contributed by atoms with Crippen LogP contribution in [-0.2, 0) is 4.79 Å². The largest absolute Gasteiger partial charge is 0.481 e. The van der Waals surface area contributed by atoms with Gasteiger partial charge in [-0.2, -0.15) is 0 Å². The molecule has 0 fully saturated rings. The molecular weight excluding hydrogens is 242 g/mol. The minimum Gasteiger partial charge on any atom is -0.481 e. The monoisotopic (exact) mass is 255 g/mol. The summed E-state index contributed by atoms with van der Waals surface area (Å²) in [6.45, 7) is 0.280. The van der Waals surface area contributed by atoms with Crippen LogP contribution in [0.1, 0.15) is 17.9 Å². The minimum absolute atomic E-state index is 0.0368. The molecule has 0 aliphatic carbocycles. The molecular formula is C11H14ClN3O2. The Labute approximate surface area is 104 Å². The van der Waals surface area contributed by atoms with Crippen LogP contribution in [0.5, 0.6) is 0 Å². The number of nitrogens with zero attached hydrogens (tertiary/aromatic N) is 1. The summed E-state index contributed by atoms with van der Waals surface area (Å²) in [5.74, 6) is -1.57. The van der Waals surface area contributed by atoms with E-state index in [1.54, 1.807) is 24.3 Å². The lowest BCUT2D eigenvalue weighted by Crippen LogP contribution is -2.23. The van der Waals surface area contributed by atoms with Crippen molar-refractivity contribution in [3.05, 3.63) is 34.9 Å². The van der Waals surface area contributed by atoms with E-state index >= 15 is 0 Å². The van der Waals surface area contributed by atoms with Gasteiger partial charge < -0.3 is 16.6 Å². The summed E-state index contributed by atoms with van der Waals surface area (Å²) in [5, 5.41) is 9.69. The fourth-order valence-electron chi connectivity index (χ4n) is 1.45. The molecule has 92 valence electrons. The highest BCUT2D eigenvalue weighted by molar-refractivity contribution is 6.30. The first-order valence-electron chi connectivity index (χ1n) is 5.04. The zero-order valence-corrected chi connectivity index (χ0v) is 9.89. The van der Waals surface area contributed by atoms with E-state index < -0.39 is 11.9 Å². The van der Waals surface area contributed by atoms with E-state index in [9.17, 15) is 4.79 Å². The van der Waals surface area contributed by atoms with Crippen LogP contribution in [0.2, 0.25) is 5.02 Å². The van der Waals surface area contributed by atoms with Crippen LogP contribution in [0, 0.1) is 0 Å². The normalized spacial score (nSPS) is 11.8. The second-order valence-electron chi connectivity index (χ2n) is 3.54. The topological polar surface area (TPSA) is 102 Å². The number of aliphatic imine (C=N–C) groups is 1. The Kier molecular flexibility index (Phi) is 4.78. The second-order valence-corrected chi connectivity index (χ2v) is 3.97. The molecule has 0 saturated carbocycles. The van der Waals surface area contributed by atoms with Crippen molar-refractivity contribution in [2.45, 2.75) is 12.3 Å². The van der Waals surface area contributed by atoms with Gasteiger partial charge in [-0.3, -0.25) is 9.79 Å². The third kappa shape index (κ3) is 4.32. The maximum absolute atomic E-state index is 11.1. The van der Waals surface area contributed by atoms with E-state index in [2.05, 4.69) is 4.99 Å². The lowest BCUT2D eigenvalue weighted by molar-refractivity contribution is -0.138. The van der Waals surface area contributed by atoms with Crippen LogP contribution in [0.15, 0.2) is 29.3 Å². The molecule has 17 heavy (non-hydrogen) atoms. The van der Waals surface area contributed by atoms with Crippen LogP contribution >= 0.6 is 11.6 Å². The molecule has 1 aromatic carbocycles. The lowest BCUT2D eigenvalue weighted by atomic mass is 9.96. The van der Waals surface area contributed by atoms with E-state index in [1.807, 2.05) is 0 Å². The quantitative estimate of drug-likeness (QED) is 0.543. The Morgan fingerprint density at radius 1 is 1.35 bits per heavy atom. The Hall–Kier alpha value is -1.75. The number of nitrogens with two attached hydrogens (primary N) is 2. The molecule has 0 saturated heterocycles. The number of guanidine groups is 1. The zero-order chi connectivity index (χ0) is 12.8. The molecule has 5 N–H and O–H groups in total. The summed E-state index contributed by atoms with van der Waals surface area (Å²) in [4.78, 5) is 14.9. The molecule has 0 amide bonds. The molecule has 0 aromatic heterocycles. The number of carboxylic acid groups (broad SMARTS) is 1. The Bertz CT molecular complexity index is 413. The molecule has 1 atom stereocenters. The molecule has 1 rings (SSSR count). The smallest absolute Gasteiger partial charge is 0.311 e. The number of aliphatic carboxylic acids is 1. The highest BCUT2D eigenvalue weighted by Gasteiger charge is 2.19. The SMILES string of the molecule is NC(N)=NCCC(C(=O)O)c1ccc(Cl)cc1. The first-order chi connectivity index (χ1) is 8.00. The van der Waals surface area contributed by atoms with Crippen molar-refractivity contribution in [1.29, 1.82) is 0 Å². The number of benzene rings is 1. The number of hydrogen-bond acceptors (Lipinski definition) is 2. The van der Waals surface area contributed by atoms with Crippen LogP contribution in [0.3, 0.4) is 0 Å². The van der Waals surface area contributed by atoms with Gasteiger partial charge in [-0.1, -0.05) is 23.7 Å².